The Morgan fingerprint density at radius 2 is 1.76 bits per heavy atom. The van der Waals surface area contributed by atoms with Crippen molar-refractivity contribution in [2.45, 2.75) is 13.8 Å². The molecule has 1 heterocycles. The summed E-state index contributed by atoms with van der Waals surface area (Å²) in [6.07, 6.45) is 0.793. The Bertz CT molecular complexity index is 388. The highest BCUT2D eigenvalue weighted by Gasteiger charge is 2.39. The summed E-state index contributed by atoms with van der Waals surface area (Å²) in [6.45, 7) is 6.54. The van der Waals surface area contributed by atoms with Gasteiger partial charge in [-0.2, -0.15) is 0 Å². The van der Waals surface area contributed by atoms with E-state index in [-0.39, 0.29) is 11.8 Å². The van der Waals surface area contributed by atoms with E-state index in [0.717, 1.165) is 13.0 Å². The minimum Gasteiger partial charge on any atom is -0.354 e. The second-order valence-corrected chi connectivity index (χ2v) is 6.12. The van der Waals surface area contributed by atoms with Crippen LogP contribution in [0.3, 0.4) is 0 Å². The van der Waals surface area contributed by atoms with Gasteiger partial charge in [0.15, 0.2) is 0 Å². The minimum atomic E-state index is -1.09. The Labute approximate surface area is 126 Å². The zero-order valence-corrected chi connectivity index (χ0v) is 13.4. The van der Waals surface area contributed by atoms with Gasteiger partial charge in [0, 0.05) is 39.3 Å². The molecule has 1 aliphatic heterocycles. The summed E-state index contributed by atoms with van der Waals surface area (Å²) in [5, 5.41) is 2.80. The van der Waals surface area contributed by atoms with E-state index in [9.17, 15) is 14.4 Å². The lowest BCUT2D eigenvalue weighted by molar-refractivity contribution is -0.150. The van der Waals surface area contributed by atoms with Gasteiger partial charge >= 0.3 is 0 Å². The van der Waals surface area contributed by atoms with Gasteiger partial charge in [-0.15, -0.1) is 0 Å². The molecule has 0 saturated carbocycles. The van der Waals surface area contributed by atoms with E-state index in [1.807, 2.05) is 19.0 Å². The van der Waals surface area contributed by atoms with Crippen molar-refractivity contribution >= 4 is 18.2 Å². The van der Waals surface area contributed by atoms with E-state index in [1.54, 1.807) is 23.6 Å². The van der Waals surface area contributed by atoms with Crippen LogP contribution in [0.1, 0.15) is 13.8 Å². The standard InChI is InChI=1S/C14H26N4O3/c1-14(2,12(20)15-5-6-16(3)4)13(21)18-9-7-17(11-19)8-10-18/h11H,5-10H2,1-4H3,(H,15,20). The molecule has 0 spiro atoms. The van der Waals surface area contributed by atoms with Crippen molar-refractivity contribution in [1.29, 1.82) is 0 Å². The Hall–Kier alpha value is -1.63. The van der Waals surface area contributed by atoms with Gasteiger partial charge in [-0.25, -0.2) is 0 Å². The maximum absolute atomic E-state index is 12.5. The molecule has 120 valence electrons. The Balaban J connectivity index is 2.54. The van der Waals surface area contributed by atoms with Crippen molar-refractivity contribution in [2.24, 2.45) is 5.41 Å². The molecule has 0 radical (unpaired) electrons. The lowest BCUT2D eigenvalue weighted by atomic mass is 9.90. The van der Waals surface area contributed by atoms with Gasteiger partial charge in [-0.1, -0.05) is 0 Å². The Morgan fingerprint density at radius 3 is 2.24 bits per heavy atom. The van der Waals surface area contributed by atoms with Gasteiger partial charge < -0.3 is 20.0 Å². The molecular formula is C14H26N4O3. The molecule has 7 nitrogen and oxygen atoms in total. The van der Waals surface area contributed by atoms with Crippen molar-refractivity contribution in [1.82, 2.24) is 20.0 Å². The molecule has 1 aliphatic rings. The summed E-state index contributed by atoms with van der Waals surface area (Å²) in [6, 6.07) is 0. The smallest absolute Gasteiger partial charge is 0.237 e. The first-order valence-electron chi connectivity index (χ1n) is 7.20. The van der Waals surface area contributed by atoms with Crippen LogP contribution >= 0.6 is 0 Å². The number of nitrogens with zero attached hydrogens (tertiary/aromatic N) is 3. The molecule has 7 heteroatoms. The molecule has 1 N–H and O–H groups in total. The van der Waals surface area contributed by atoms with Crippen LogP contribution in [-0.2, 0) is 14.4 Å². The zero-order chi connectivity index (χ0) is 16.0. The highest BCUT2D eigenvalue weighted by Crippen LogP contribution is 2.20. The molecule has 0 aromatic heterocycles. The molecule has 0 unspecified atom stereocenters. The van der Waals surface area contributed by atoms with Crippen LogP contribution in [0.5, 0.6) is 0 Å². The average molecular weight is 298 g/mol. The van der Waals surface area contributed by atoms with Crippen LogP contribution in [-0.4, -0.2) is 86.3 Å². The zero-order valence-electron chi connectivity index (χ0n) is 13.4. The van der Waals surface area contributed by atoms with Gasteiger partial charge in [-0.05, 0) is 27.9 Å². The van der Waals surface area contributed by atoms with Crippen LogP contribution < -0.4 is 5.32 Å². The summed E-state index contributed by atoms with van der Waals surface area (Å²) < 4.78 is 0. The summed E-state index contributed by atoms with van der Waals surface area (Å²) in [7, 11) is 3.85. The molecule has 0 aromatic carbocycles. The number of carbonyl (C=O) groups excluding carboxylic acids is 3. The van der Waals surface area contributed by atoms with Crippen LogP contribution in [0, 0.1) is 5.41 Å². The highest BCUT2D eigenvalue weighted by atomic mass is 16.2. The third-order valence-electron chi connectivity index (χ3n) is 3.70. The number of carbonyl (C=O) groups is 3. The second-order valence-electron chi connectivity index (χ2n) is 6.12. The SMILES string of the molecule is CN(C)CCNC(=O)C(C)(C)C(=O)N1CCN(C=O)CC1. The highest BCUT2D eigenvalue weighted by molar-refractivity contribution is 6.04. The fourth-order valence-corrected chi connectivity index (χ4v) is 2.14. The molecule has 0 atom stereocenters. The predicted octanol–water partition coefficient (Wildman–Crippen LogP) is -1.01. The van der Waals surface area contributed by atoms with E-state index in [1.165, 1.54) is 0 Å². The normalized spacial score (nSPS) is 16.0. The van der Waals surface area contributed by atoms with Crippen molar-refractivity contribution in [3.05, 3.63) is 0 Å². The van der Waals surface area contributed by atoms with Crippen molar-refractivity contribution in [3.63, 3.8) is 0 Å². The van der Waals surface area contributed by atoms with E-state index < -0.39 is 5.41 Å². The van der Waals surface area contributed by atoms with Crippen molar-refractivity contribution in [2.75, 3.05) is 53.4 Å². The fraction of sp³-hybridized carbons (Fsp3) is 0.786. The first kappa shape index (κ1) is 17.4. The first-order valence-corrected chi connectivity index (χ1v) is 7.20. The molecule has 1 rings (SSSR count). The lowest BCUT2D eigenvalue weighted by Crippen LogP contribution is -2.55. The average Bonchev–Trinajstić information content (AvgIpc) is 2.46. The van der Waals surface area contributed by atoms with Gasteiger partial charge in [0.25, 0.3) is 0 Å². The third kappa shape index (κ3) is 4.70. The molecule has 1 saturated heterocycles. The number of hydrogen-bond acceptors (Lipinski definition) is 4. The quantitative estimate of drug-likeness (QED) is 0.504. The van der Waals surface area contributed by atoms with Gasteiger partial charge in [0.2, 0.25) is 18.2 Å². The number of amides is 3. The maximum Gasteiger partial charge on any atom is 0.237 e. The molecule has 1 fully saturated rings. The summed E-state index contributed by atoms with van der Waals surface area (Å²) in [5.74, 6) is -0.442. The fourth-order valence-electron chi connectivity index (χ4n) is 2.14. The molecule has 0 aromatic rings. The van der Waals surface area contributed by atoms with E-state index in [0.29, 0.717) is 32.7 Å². The van der Waals surface area contributed by atoms with Crippen molar-refractivity contribution < 1.29 is 14.4 Å². The topological polar surface area (TPSA) is 73.0 Å². The maximum atomic E-state index is 12.5. The monoisotopic (exact) mass is 298 g/mol. The molecule has 3 amide bonds. The molecule has 21 heavy (non-hydrogen) atoms. The molecule has 0 bridgehead atoms. The van der Waals surface area contributed by atoms with Gasteiger partial charge in [0.05, 0.1) is 0 Å². The van der Waals surface area contributed by atoms with Crippen LogP contribution in [0.25, 0.3) is 0 Å². The van der Waals surface area contributed by atoms with Gasteiger partial charge in [0.1, 0.15) is 5.41 Å². The van der Waals surface area contributed by atoms with E-state index in [4.69, 9.17) is 0 Å². The lowest BCUT2D eigenvalue weighted by Gasteiger charge is -2.36. The number of likely N-dealkylation sites (N-methyl/N-ethyl adjacent to an activating group) is 1. The predicted molar refractivity (Wildman–Crippen MR) is 79.6 cm³/mol. The van der Waals surface area contributed by atoms with E-state index >= 15 is 0 Å². The second kappa shape index (κ2) is 7.40. The number of hydrogen-bond donors (Lipinski definition) is 1. The molecule has 0 aliphatic carbocycles. The summed E-state index contributed by atoms with van der Waals surface area (Å²) in [5.41, 5.74) is -1.09. The van der Waals surface area contributed by atoms with E-state index in [2.05, 4.69) is 5.32 Å². The summed E-state index contributed by atoms with van der Waals surface area (Å²) >= 11 is 0. The van der Waals surface area contributed by atoms with Crippen LogP contribution in [0.15, 0.2) is 0 Å². The third-order valence-corrected chi connectivity index (χ3v) is 3.70. The largest absolute Gasteiger partial charge is 0.354 e. The number of piperazine rings is 1. The van der Waals surface area contributed by atoms with Gasteiger partial charge in [-0.3, -0.25) is 14.4 Å². The Morgan fingerprint density at radius 1 is 1.19 bits per heavy atom. The number of nitrogens with one attached hydrogen (secondary N) is 1. The number of rotatable bonds is 6. The summed E-state index contributed by atoms with van der Waals surface area (Å²) in [4.78, 5) is 40.6. The first-order chi connectivity index (χ1) is 9.78. The van der Waals surface area contributed by atoms with Crippen LogP contribution in [0.2, 0.25) is 0 Å². The molecular weight excluding hydrogens is 272 g/mol. The Kier molecular flexibility index (Phi) is 6.14. The van der Waals surface area contributed by atoms with Crippen LogP contribution in [0.4, 0.5) is 0 Å². The van der Waals surface area contributed by atoms with Crippen molar-refractivity contribution in [3.8, 4) is 0 Å². The minimum absolute atomic E-state index is 0.185.